The molecule has 0 atom stereocenters. The first-order valence-electron chi connectivity index (χ1n) is 5.00. The van der Waals surface area contributed by atoms with Gasteiger partial charge in [0.25, 0.3) is 0 Å². The van der Waals surface area contributed by atoms with E-state index in [1.807, 2.05) is 12.1 Å². The Balaban J connectivity index is 2.50. The maximum atomic E-state index is 11.5. The summed E-state index contributed by atoms with van der Waals surface area (Å²) in [6, 6.07) is 3.71. The summed E-state index contributed by atoms with van der Waals surface area (Å²) in [6.45, 7) is 0.0638. The zero-order valence-corrected chi connectivity index (χ0v) is 10.0. The van der Waals surface area contributed by atoms with Gasteiger partial charge >= 0.3 is 0 Å². The van der Waals surface area contributed by atoms with E-state index in [4.69, 9.17) is 5.11 Å². The van der Waals surface area contributed by atoms with Crippen LogP contribution in [0.3, 0.4) is 0 Å². The fraction of sp³-hybridized carbons (Fsp3) is 0.500. The molecule has 6 heteroatoms. The van der Waals surface area contributed by atoms with Crippen molar-refractivity contribution in [2.45, 2.75) is 6.42 Å². The van der Waals surface area contributed by atoms with Crippen LogP contribution in [0.15, 0.2) is 24.5 Å². The number of aliphatic hydroxyl groups excluding tert-OH is 1. The third-order valence-electron chi connectivity index (χ3n) is 2.29. The van der Waals surface area contributed by atoms with Crippen LogP contribution in [0.1, 0.15) is 5.56 Å². The van der Waals surface area contributed by atoms with Crippen LogP contribution in [0.2, 0.25) is 0 Å². The van der Waals surface area contributed by atoms with Crippen LogP contribution in [-0.4, -0.2) is 48.8 Å². The molecule has 5 nitrogen and oxygen atoms in total. The number of hydrogen-bond acceptors (Lipinski definition) is 4. The maximum absolute atomic E-state index is 11.5. The highest BCUT2D eigenvalue weighted by atomic mass is 32.2. The quantitative estimate of drug-likeness (QED) is 0.757. The van der Waals surface area contributed by atoms with Crippen molar-refractivity contribution in [1.82, 2.24) is 9.29 Å². The summed E-state index contributed by atoms with van der Waals surface area (Å²) >= 11 is 0. The van der Waals surface area contributed by atoms with Crippen molar-refractivity contribution in [1.29, 1.82) is 0 Å². The van der Waals surface area contributed by atoms with Gasteiger partial charge in [-0.2, -0.15) is 0 Å². The Morgan fingerprint density at radius 3 is 2.56 bits per heavy atom. The molecular weight excluding hydrogens is 228 g/mol. The van der Waals surface area contributed by atoms with Gasteiger partial charge in [0.05, 0.1) is 12.4 Å². The first-order chi connectivity index (χ1) is 7.56. The second-order valence-corrected chi connectivity index (χ2v) is 5.66. The minimum absolute atomic E-state index is 0.222. The molecular formula is C10H16N2O3S. The van der Waals surface area contributed by atoms with Crippen LogP contribution >= 0.6 is 0 Å². The van der Waals surface area contributed by atoms with E-state index in [1.54, 1.807) is 12.4 Å². The summed E-state index contributed by atoms with van der Waals surface area (Å²) in [5.74, 6) is -0.222. The van der Waals surface area contributed by atoms with Crippen molar-refractivity contribution < 1.29 is 13.5 Å². The highest BCUT2D eigenvalue weighted by Gasteiger charge is 2.16. The van der Waals surface area contributed by atoms with Crippen molar-refractivity contribution in [2.24, 2.45) is 0 Å². The van der Waals surface area contributed by atoms with Crippen LogP contribution in [0.5, 0.6) is 0 Å². The Kier molecular flexibility index (Phi) is 4.85. The Morgan fingerprint density at radius 2 is 2.00 bits per heavy atom. The van der Waals surface area contributed by atoms with E-state index in [9.17, 15) is 8.42 Å². The van der Waals surface area contributed by atoms with Crippen molar-refractivity contribution in [3.05, 3.63) is 30.1 Å². The Labute approximate surface area is 95.8 Å². The van der Waals surface area contributed by atoms with Crippen molar-refractivity contribution >= 4 is 10.0 Å². The summed E-state index contributed by atoms with van der Waals surface area (Å²) in [4.78, 5) is 3.89. The molecule has 0 aliphatic heterocycles. The van der Waals surface area contributed by atoms with Crippen molar-refractivity contribution in [2.75, 3.05) is 26.0 Å². The van der Waals surface area contributed by atoms with Gasteiger partial charge in [-0.05, 0) is 24.1 Å². The second-order valence-electron chi connectivity index (χ2n) is 3.47. The number of likely N-dealkylation sites (N-methyl/N-ethyl adjacent to an activating group) is 1. The van der Waals surface area contributed by atoms with Gasteiger partial charge in [0, 0.05) is 26.0 Å². The number of nitrogens with zero attached hydrogens (tertiary/aromatic N) is 2. The SMILES string of the molecule is CN(CCc1ccncc1)S(=O)(=O)CCO. The van der Waals surface area contributed by atoms with Crippen LogP contribution in [0, 0.1) is 0 Å². The molecule has 0 saturated carbocycles. The molecule has 0 bridgehead atoms. The van der Waals surface area contributed by atoms with Gasteiger partial charge in [0.15, 0.2) is 0 Å². The molecule has 16 heavy (non-hydrogen) atoms. The standard InChI is InChI=1S/C10H16N2O3S/c1-12(16(14,15)9-8-13)7-4-10-2-5-11-6-3-10/h2-3,5-6,13H,4,7-9H2,1H3. The number of aliphatic hydroxyl groups is 1. The lowest BCUT2D eigenvalue weighted by Crippen LogP contribution is -2.32. The molecule has 1 aromatic rings. The lowest BCUT2D eigenvalue weighted by Gasteiger charge is -2.16. The average Bonchev–Trinajstić information content (AvgIpc) is 2.27. The summed E-state index contributed by atoms with van der Waals surface area (Å²) in [6.07, 6.45) is 4.00. The van der Waals surface area contributed by atoms with E-state index < -0.39 is 10.0 Å². The van der Waals surface area contributed by atoms with E-state index in [0.717, 1.165) is 5.56 Å². The van der Waals surface area contributed by atoms with Crippen LogP contribution in [0.4, 0.5) is 0 Å². The number of aromatic nitrogens is 1. The predicted molar refractivity (Wildman–Crippen MR) is 61.4 cm³/mol. The van der Waals surface area contributed by atoms with E-state index in [1.165, 1.54) is 11.4 Å². The second kappa shape index (κ2) is 5.93. The Morgan fingerprint density at radius 1 is 1.38 bits per heavy atom. The number of hydrogen-bond donors (Lipinski definition) is 1. The highest BCUT2D eigenvalue weighted by Crippen LogP contribution is 2.02. The average molecular weight is 244 g/mol. The summed E-state index contributed by atoms with van der Waals surface area (Å²) < 4.78 is 24.3. The predicted octanol–water partition coefficient (Wildman–Crippen LogP) is -0.122. The van der Waals surface area contributed by atoms with Gasteiger partial charge in [-0.15, -0.1) is 0 Å². The van der Waals surface area contributed by atoms with Crippen molar-refractivity contribution in [3.8, 4) is 0 Å². The molecule has 1 N–H and O–H groups in total. The van der Waals surface area contributed by atoms with Gasteiger partial charge in [0.1, 0.15) is 0 Å². The van der Waals surface area contributed by atoms with Crippen LogP contribution in [-0.2, 0) is 16.4 Å². The molecule has 0 saturated heterocycles. The van der Waals surface area contributed by atoms with E-state index >= 15 is 0 Å². The first kappa shape index (κ1) is 13.1. The smallest absolute Gasteiger partial charge is 0.216 e. The molecule has 0 aliphatic rings. The number of rotatable bonds is 6. The first-order valence-corrected chi connectivity index (χ1v) is 6.61. The fourth-order valence-corrected chi connectivity index (χ4v) is 2.16. The highest BCUT2D eigenvalue weighted by molar-refractivity contribution is 7.89. The molecule has 0 spiro atoms. The third-order valence-corrected chi connectivity index (χ3v) is 4.12. The maximum Gasteiger partial charge on any atom is 0.216 e. The monoisotopic (exact) mass is 244 g/mol. The largest absolute Gasteiger partial charge is 0.395 e. The summed E-state index contributed by atoms with van der Waals surface area (Å²) in [7, 11) is -1.79. The third kappa shape index (κ3) is 3.88. The molecule has 1 aromatic heterocycles. The molecule has 90 valence electrons. The number of pyridine rings is 1. The van der Waals surface area contributed by atoms with Gasteiger partial charge in [0.2, 0.25) is 10.0 Å². The van der Waals surface area contributed by atoms with E-state index in [-0.39, 0.29) is 12.4 Å². The topological polar surface area (TPSA) is 70.5 Å². The van der Waals surface area contributed by atoms with E-state index in [2.05, 4.69) is 4.98 Å². The molecule has 0 fully saturated rings. The fourth-order valence-electron chi connectivity index (χ4n) is 1.25. The van der Waals surface area contributed by atoms with Gasteiger partial charge in [-0.3, -0.25) is 4.98 Å². The van der Waals surface area contributed by atoms with Gasteiger partial charge in [-0.1, -0.05) is 0 Å². The van der Waals surface area contributed by atoms with Gasteiger partial charge in [-0.25, -0.2) is 12.7 Å². The molecule has 1 heterocycles. The molecule has 1 rings (SSSR count). The normalized spacial score (nSPS) is 11.9. The zero-order valence-electron chi connectivity index (χ0n) is 9.20. The minimum atomic E-state index is -3.31. The lowest BCUT2D eigenvalue weighted by atomic mass is 10.2. The molecule has 0 amide bonds. The molecule has 0 radical (unpaired) electrons. The minimum Gasteiger partial charge on any atom is -0.395 e. The summed E-state index contributed by atoms with van der Waals surface area (Å²) in [5.41, 5.74) is 1.04. The van der Waals surface area contributed by atoms with E-state index in [0.29, 0.717) is 13.0 Å². The van der Waals surface area contributed by atoms with Crippen molar-refractivity contribution in [3.63, 3.8) is 0 Å². The molecule has 0 aromatic carbocycles. The van der Waals surface area contributed by atoms with Crippen LogP contribution < -0.4 is 0 Å². The lowest BCUT2D eigenvalue weighted by molar-refractivity contribution is 0.316. The molecule has 0 unspecified atom stereocenters. The summed E-state index contributed by atoms with van der Waals surface area (Å²) in [5, 5.41) is 8.62. The molecule has 0 aliphatic carbocycles. The van der Waals surface area contributed by atoms with Gasteiger partial charge < -0.3 is 5.11 Å². The Hall–Kier alpha value is -0.980. The number of sulfonamides is 1. The zero-order chi connectivity index (χ0) is 12.0. The van der Waals surface area contributed by atoms with Crippen LogP contribution in [0.25, 0.3) is 0 Å². The Bertz CT molecular complexity index is 405.